The maximum atomic E-state index is 14.1. The SMILES string of the molecule is COC(=O)C1CC(Oc2ccccc2F)CN1C(=O)c1cc(-c2cc(OC)c(OC)c(OC)c2)n[nH]1. The molecule has 0 spiro atoms. The van der Waals surface area contributed by atoms with E-state index in [2.05, 4.69) is 10.2 Å². The molecule has 1 aromatic heterocycles. The van der Waals surface area contributed by atoms with E-state index in [-0.39, 0.29) is 24.4 Å². The third kappa shape index (κ3) is 4.77. The van der Waals surface area contributed by atoms with Gasteiger partial charge in [-0.25, -0.2) is 9.18 Å². The molecule has 2 atom stereocenters. The Bertz CT molecular complexity index is 1240. The molecule has 10 nitrogen and oxygen atoms in total. The predicted octanol–water partition coefficient (Wildman–Crippen LogP) is 3.08. The number of benzene rings is 2. The van der Waals surface area contributed by atoms with Crippen LogP contribution in [0.3, 0.4) is 0 Å². The van der Waals surface area contributed by atoms with Gasteiger partial charge in [-0.2, -0.15) is 5.10 Å². The molecule has 1 fully saturated rings. The molecule has 190 valence electrons. The molecule has 0 saturated carbocycles. The molecule has 1 aliphatic rings. The molecule has 2 unspecified atom stereocenters. The first-order valence-corrected chi connectivity index (χ1v) is 11.1. The Hall–Kier alpha value is -4.28. The van der Waals surface area contributed by atoms with Crippen molar-refractivity contribution in [1.82, 2.24) is 15.1 Å². The number of nitrogens with one attached hydrogen (secondary N) is 1. The molecule has 0 radical (unpaired) electrons. The largest absolute Gasteiger partial charge is 0.493 e. The Labute approximate surface area is 206 Å². The number of aromatic nitrogens is 2. The summed E-state index contributed by atoms with van der Waals surface area (Å²) in [5.74, 6) is -0.257. The van der Waals surface area contributed by atoms with E-state index in [0.717, 1.165) is 0 Å². The quantitative estimate of drug-likeness (QED) is 0.471. The molecule has 3 aromatic rings. The lowest BCUT2D eigenvalue weighted by Gasteiger charge is -2.21. The summed E-state index contributed by atoms with van der Waals surface area (Å²) in [6.45, 7) is 0.0610. The monoisotopic (exact) mass is 499 g/mol. The average Bonchev–Trinajstić information content (AvgIpc) is 3.56. The maximum absolute atomic E-state index is 14.1. The summed E-state index contributed by atoms with van der Waals surface area (Å²) in [5, 5.41) is 6.98. The molecular weight excluding hydrogens is 473 g/mol. The van der Waals surface area contributed by atoms with Gasteiger partial charge < -0.3 is 28.6 Å². The number of aromatic amines is 1. The molecule has 1 aliphatic heterocycles. The summed E-state index contributed by atoms with van der Waals surface area (Å²) in [6, 6.07) is 10.0. The Morgan fingerprint density at radius 3 is 2.31 bits per heavy atom. The van der Waals surface area contributed by atoms with Crippen molar-refractivity contribution in [2.24, 2.45) is 0 Å². The van der Waals surface area contributed by atoms with Crippen LogP contribution in [-0.4, -0.2) is 74.1 Å². The number of rotatable bonds is 8. The zero-order chi connectivity index (χ0) is 25.8. The Morgan fingerprint density at radius 1 is 1.00 bits per heavy atom. The first-order valence-electron chi connectivity index (χ1n) is 11.1. The van der Waals surface area contributed by atoms with Crippen molar-refractivity contribution in [2.45, 2.75) is 18.6 Å². The van der Waals surface area contributed by atoms with Crippen molar-refractivity contribution < 1.29 is 37.7 Å². The van der Waals surface area contributed by atoms with Gasteiger partial charge in [-0.1, -0.05) is 12.1 Å². The van der Waals surface area contributed by atoms with Gasteiger partial charge in [-0.15, -0.1) is 0 Å². The van der Waals surface area contributed by atoms with E-state index in [0.29, 0.717) is 28.5 Å². The number of hydrogen-bond donors (Lipinski definition) is 1. The highest BCUT2D eigenvalue weighted by molar-refractivity contribution is 5.96. The van der Waals surface area contributed by atoms with E-state index in [1.807, 2.05) is 0 Å². The fourth-order valence-electron chi connectivity index (χ4n) is 4.15. The first kappa shape index (κ1) is 24.8. The van der Waals surface area contributed by atoms with E-state index in [9.17, 15) is 14.0 Å². The second-order valence-electron chi connectivity index (χ2n) is 7.98. The van der Waals surface area contributed by atoms with Gasteiger partial charge in [-0.05, 0) is 30.3 Å². The zero-order valence-corrected chi connectivity index (χ0v) is 20.2. The van der Waals surface area contributed by atoms with E-state index in [1.165, 1.54) is 45.5 Å². The minimum atomic E-state index is -0.896. The molecule has 1 saturated heterocycles. The number of likely N-dealkylation sites (tertiary alicyclic amines) is 1. The van der Waals surface area contributed by atoms with Crippen molar-refractivity contribution in [3.8, 4) is 34.3 Å². The van der Waals surface area contributed by atoms with Crippen molar-refractivity contribution in [1.29, 1.82) is 0 Å². The average molecular weight is 499 g/mol. The third-order valence-electron chi connectivity index (χ3n) is 5.90. The molecule has 0 bridgehead atoms. The maximum Gasteiger partial charge on any atom is 0.328 e. The van der Waals surface area contributed by atoms with Gasteiger partial charge in [0.1, 0.15) is 17.8 Å². The Morgan fingerprint density at radius 2 is 1.69 bits per heavy atom. The zero-order valence-electron chi connectivity index (χ0n) is 20.2. The van der Waals surface area contributed by atoms with Crippen LogP contribution in [0.2, 0.25) is 0 Å². The van der Waals surface area contributed by atoms with E-state index >= 15 is 0 Å². The second-order valence-corrected chi connectivity index (χ2v) is 7.98. The Kier molecular flexibility index (Phi) is 7.28. The van der Waals surface area contributed by atoms with Crippen LogP contribution in [0.5, 0.6) is 23.0 Å². The van der Waals surface area contributed by atoms with Gasteiger partial charge in [0.15, 0.2) is 23.1 Å². The molecular formula is C25H26FN3O7. The van der Waals surface area contributed by atoms with Crippen LogP contribution >= 0.6 is 0 Å². The fourth-order valence-corrected chi connectivity index (χ4v) is 4.15. The molecule has 4 rings (SSSR count). The summed E-state index contributed by atoms with van der Waals surface area (Å²) in [5.41, 5.74) is 1.22. The lowest BCUT2D eigenvalue weighted by molar-refractivity contribution is -0.145. The van der Waals surface area contributed by atoms with Gasteiger partial charge in [0.25, 0.3) is 5.91 Å². The van der Waals surface area contributed by atoms with Crippen molar-refractivity contribution >= 4 is 11.9 Å². The summed E-state index contributed by atoms with van der Waals surface area (Å²) < 4.78 is 40.8. The minimum Gasteiger partial charge on any atom is -0.493 e. The number of amides is 1. The van der Waals surface area contributed by atoms with Gasteiger partial charge in [0.2, 0.25) is 5.75 Å². The molecule has 11 heteroatoms. The van der Waals surface area contributed by atoms with E-state index in [4.69, 9.17) is 23.7 Å². The molecule has 2 aromatic carbocycles. The number of nitrogens with zero attached hydrogens (tertiary/aromatic N) is 2. The number of H-pyrrole nitrogens is 1. The second kappa shape index (κ2) is 10.5. The van der Waals surface area contributed by atoms with Gasteiger partial charge in [0.05, 0.1) is 40.7 Å². The lowest BCUT2D eigenvalue weighted by Crippen LogP contribution is -2.41. The van der Waals surface area contributed by atoms with Crippen molar-refractivity contribution in [3.05, 3.63) is 54.0 Å². The Balaban J connectivity index is 1.59. The molecule has 1 N–H and O–H groups in total. The standard InChI is InChI=1S/C25H26FN3O7/c1-32-21-9-14(10-22(33-2)23(21)34-3)17-12-18(28-27-17)24(30)29-13-15(11-19(29)25(31)35-4)36-20-8-6-5-7-16(20)26/h5-10,12,15,19H,11,13H2,1-4H3,(H,27,28). The summed E-state index contributed by atoms with van der Waals surface area (Å²) in [4.78, 5) is 27.2. The van der Waals surface area contributed by atoms with Gasteiger partial charge in [-0.3, -0.25) is 9.89 Å². The van der Waals surface area contributed by atoms with Crippen molar-refractivity contribution in [3.63, 3.8) is 0 Å². The highest BCUT2D eigenvalue weighted by Crippen LogP contribution is 2.41. The minimum absolute atomic E-state index is 0.0478. The van der Waals surface area contributed by atoms with Crippen LogP contribution in [0.4, 0.5) is 4.39 Å². The highest BCUT2D eigenvalue weighted by atomic mass is 19.1. The van der Waals surface area contributed by atoms with E-state index < -0.39 is 29.8 Å². The normalized spacial score (nSPS) is 17.0. The number of ether oxygens (including phenoxy) is 5. The number of esters is 1. The van der Waals surface area contributed by atoms with Crippen LogP contribution in [0, 0.1) is 5.82 Å². The van der Waals surface area contributed by atoms with Gasteiger partial charge in [0, 0.05) is 12.0 Å². The third-order valence-corrected chi connectivity index (χ3v) is 5.90. The smallest absolute Gasteiger partial charge is 0.328 e. The van der Waals surface area contributed by atoms with Gasteiger partial charge >= 0.3 is 5.97 Å². The van der Waals surface area contributed by atoms with Crippen molar-refractivity contribution in [2.75, 3.05) is 35.0 Å². The first-order chi connectivity index (χ1) is 17.4. The van der Waals surface area contributed by atoms with Crippen LogP contribution in [0.15, 0.2) is 42.5 Å². The van der Waals surface area contributed by atoms with Crippen LogP contribution < -0.4 is 18.9 Å². The number of halogens is 1. The number of methoxy groups -OCH3 is 4. The number of carbonyl (C=O) groups is 2. The van der Waals surface area contributed by atoms with Crippen LogP contribution in [-0.2, 0) is 9.53 Å². The molecule has 36 heavy (non-hydrogen) atoms. The summed E-state index contributed by atoms with van der Waals surface area (Å²) >= 11 is 0. The lowest BCUT2D eigenvalue weighted by atomic mass is 10.1. The highest BCUT2D eigenvalue weighted by Gasteiger charge is 2.42. The number of carbonyl (C=O) groups excluding carboxylic acids is 2. The predicted molar refractivity (Wildman–Crippen MR) is 126 cm³/mol. The van der Waals surface area contributed by atoms with Crippen LogP contribution in [0.1, 0.15) is 16.9 Å². The van der Waals surface area contributed by atoms with E-state index in [1.54, 1.807) is 30.3 Å². The van der Waals surface area contributed by atoms with Crippen LogP contribution in [0.25, 0.3) is 11.3 Å². The number of para-hydroxylation sites is 1. The molecule has 0 aliphatic carbocycles. The number of hydrogen-bond acceptors (Lipinski definition) is 8. The summed E-state index contributed by atoms with van der Waals surface area (Å²) in [7, 11) is 5.75. The summed E-state index contributed by atoms with van der Waals surface area (Å²) in [6.07, 6.45) is -0.451. The topological polar surface area (TPSA) is 112 Å². The molecule has 2 heterocycles. The fraction of sp³-hybridized carbons (Fsp3) is 0.320. The molecule has 1 amide bonds.